The fourth-order valence-electron chi connectivity index (χ4n) is 1.34. The maximum atomic E-state index is 11.6. The largest absolute Gasteiger partial charge is 0.399 e. The molecule has 0 spiro atoms. The van der Waals surface area contributed by atoms with Crippen molar-refractivity contribution < 1.29 is 9.00 Å². The summed E-state index contributed by atoms with van der Waals surface area (Å²) in [5.41, 5.74) is 6.82. The van der Waals surface area contributed by atoms with Crippen LogP contribution in [0.2, 0.25) is 0 Å². The van der Waals surface area contributed by atoms with Gasteiger partial charge in [-0.1, -0.05) is 19.4 Å². The number of nitrogens with two attached hydrogens (primary N) is 1. The highest BCUT2D eigenvalue weighted by molar-refractivity contribution is 7.85. The van der Waals surface area contributed by atoms with Gasteiger partial charge in [0.2, 0.25) is 5.91 Å². The standard InChI is InChI=1S/C12H18N2O2S/c1-2-3-7-17(16)9-12(15)14-11-6-4-5-10(13)8-11/h4-6,8H,2-3,7,9,13H2,1H3,(H,14,15). The molecule has 0 saturated carbocycles. The fourth-order valence-corrected chi connectivity index (χ4v) is 2.46. The zero-order valence-corrected chi connectivity index (χ0v) is 10.8. The summed E-state index contributed by atoms with van der Waals surface area (Å²) in [5.74, 6) is 0.403. The molecule has 1 atom stereocenters. The van der Waals surface area contributed by atoms with E-state index in [-0.39, 0.29) is 11.7 Å². The lowest BCUT2D eigenvalue weighted by Crippen LogP contribution is -2.20. The molecule has 0 aliphatic carbocycles. The summed E-state index contributed by atoms with van der Waals surface area (Å²) in [7, 11) is -1.07. The smallest absolute Gasteiger partial charge is 0.236 e. The minimum absolute atomic E-state index is 0.0504. The van der Waals surface area contributed by atoms with Crippen LogP contribution in [0.1, 0.15) is 19.8 Å². The van der Waals surface area contributed by atoms with Crippen molar-refractivity contribution in [2.45, 2.75) is 19.8 Å². The zero-order valence-electron chi connectivity index (χ0n) is 9.94. The molecule has 1 aromatic carbocycles. The van der Waals surface area contributed by atoms with E-state index in [1.165, 1.54) is 0 Å². The minimum Gasteiger partial charge on any atom is -0.399 e. The van der Waals surface area contributed by atoms with Gasteiger partial charge >= 0.3 is 0 Å². The van der Waals surface area contributed by atoms with E-state index in [0.29, 0.717) is 17.1 Å². The lowest BCUT2D eigenvalue weighted by molar-refractivity contribution is -0.113. The van der Waals surface area contributed by atoms with Gasteiger partial charge in [-0.2, -0.15) is 0 Å². The highest BCUT2D eigenvalue weighted by Crippen LogP contribution is 2.11. The number of amides is 1. The normalized spacial score (nSPS) is 12.1. The van der Waals surface area contributed by atoms with Crippen molar-refractivity contribution in [2.24, 2.45) is 0 Å². The van der Waals surface area contributed by atoms with Crippen molar-refractivity contribution in [3.8, 4) is 0 Å². The molecule has 0 aliphatic rings. The van der Waals surface area contributed by atoms with E-state index in [1.54, 1.807) is 24.3 Å². The first-order valence-corrected chi connectivity index (χ1v) is 7.11. The Morgan fingerprint density at radius 1 is 1.47 bits per heavy atom. The van der Waals surface area contributed by atoms with Crippen LogP contribution in [0.5, 0.6) is 0 Å². The second-order valence-electron chi connectivity index (χ2n) is 3.82. The molecular weight excluding hydrogens is 236 g/mol. The molecule has 0 aromatic heterocycles. The van der Waals surface area contributed by atoms with Crippen LogP contribution in [0.25, 0.3) is 0 Å². The van der Waals surface area contributed by atoms with E-state index >= 15 is 0 Å². The molecule has 17 heavy (non-hydrogen) atoms. The number of carbonyl (C=O) groups excluding carboxylic acids is 1. The molecule has 94 valence electrons. The first-order chi connectivity index (χ1) is 8.11. The molecule has 1 aromatic rings. The van der Waals surface area contributed by atoms with Gasteiger partial charge in [-0.05, 0) is 24.6 Å². The minimum atomic E-state index is -1.07. The van der Waals surface area contributed by atoms with Crippen LogP contribution in [-0.4, -0.2) is 21.6 Å². The van der Waals surface area contributed by atoms with E-state index in [1.807, 2.05) is 6.92 Å². The van der Waals surface area contributed by atoms with Gasteiger partial charge in [0.15, 0.2) is 0 Å². The Kier molecular flexibility index (Phi) is 5.69. The van der Waals surface area contributed by atoms with E-state index in [4.69, 9.17) is 5.73 Å². The lowest BCUT2D eigenvalue weighted by atomic mass is 10.3. The van der Waals surface area contributed by atoms with Gasteiger partial charge in [0, 0.05) is 27.9 Å². The van der Waals surface area contributed by atoms with Crippen LogP contribution in [0.15, 0.2) is 24.3 Å². The Hall–Kier alpha value is -1.36. The number of nitrogens with one attached hydrogen (secondary N) is 1. The molecule has 0 fully saturated rings. The fraction of sp³-hybridized carbons (Fsp3) is 0.417. The predicted molar refractivity (Wildman–Crippen MR) is 72.3 cm³/mol. The number of rotatable bonds is 6. The predicted octanol–water partition coefficient (Wildman–Crippen LogP) is 1.76. The third kappa shape index (κ3) is 5.49. The average Bonchev–Trinajstić information content (AvgIpc) is 2.26. The summed E-state index contributed by atoms with van der Waals surface area (Å²) in [6.07, 6.45) is 1.88. The molecule has 1 rings (SSSR count). The summed E-state index contributed by atoms with van der Waals surface area (Å²) in [6, 6.07) is 6.93. The molecule has 1 amide bonds. The lowest BCUT2D eigenvalue weighted by Gasteiger charge is -2.05. The molecule has 5 heteroatoms. The summed E-state index contributed by atoms with van der Waals surface area (Å²) in [6.45, 7) is 2.03. The van der Waals surface area contributed by atoms with Gasteiger partial charge in [0.05, 0.1) is 0 Å². The highest BCUT2D eigenvalue weighted by Gasteiger charge is 2.07. The van der Waals surface area contributed by atoms with Crippen molar-refractivity contribution in [1.29, 1.82) is 0 Å². The Labute approximate surface area is 104 Å². The molecule has 0 bridgehead atoms. The van der Waals surface area contributed by atoms with Crippen LogP contribution < -0.4 is 11.1 Å². The summed E-state index contributed by atoms with van der Waals surface area (Å²) in [5, 5.41) is 2.68. The number of nitrogen functional groups attached to an aromatic ring is 1. The summed E-state index contributed by atoms with van der Waals surface area (Å²) < 4.78 is 11.5. The number of carbonyl (C=O) groups is 1. The molecule has 0 aliphatic heterocycles. The van der Waals surface area contributed by atoms with Gasteiger partial charge in [0.1, 0.15) is 5.75 Å². The van der Waals surface area contributed by atoms with Crippen LogP contribution in [-0.2, 0) is 15.6 Å². The summed E-state index contributed by atoms with van der Waals surface area (Å²) in [4.78, 5) is 11.6. The van der Waals surface area contributed by atoms with Gasteiger partial charge in [-0.3, -0.25) is 9.00 Å². The van der Waals surface area contributed by atoms with Crippen molar-refractivity contribution in [3.63, 3.8) is 0 Å². The van der Waals surface area contributed by atoms with E-state index in [0.717, 1.165) is 12.8 Å². The Bertz CT molecular complexity index is 407. The van der Waals surface area contributed by atoms with Crippen LogP contribution in [0.3, 0.4) is 0 Å². The number of hydrogen-bond acceptors (Lipinski definition) is 3. The first kappa shape index (κ1) is 13.7. The topological polar surface area (TPSA) is 72.2 Å². The zero-order chi connectivity index (χ0) is 12.7. The van der Waals surface area contributed by atoms with Crippen molar-refractivity contribution in [3.05, 3.63) is 24.3 Å². The molecule has 3 N–H and O–H groups in total. The van der Waals surface area contributed by atoms with E-state index < -0.39 is 10.8 Å². The van der Waals surface area contributed by atoms with Crippen molar-refractivity contribution in [1.82, 2.24) is 0 Å². The molecule has 0 saturated heterocycles. The average molecular weight is 254 g/mol. The molecular formula is C12H18N2O2S. The maximum absolute atomic E-state index is 11.6. The molecule has 1 unspecified atom stereocenters. The molecule has 4 nitrogen and oxygen atoms in total. The monoisotopic (exact) mass is 254 g/mol. The number of hydrogen-bond donors (Lipinski definition) is 2. The van der Waals surface area contributed by atoms with Crippen LogP contribution in [0.4, 0.5) is 11.4 Å². The van der Waals surface area contributed by atoms with Crippen LogP contribution >= 0.6 is 0 Å². The summed E-state index contributed by atoms with van der Waals surface area (Å²) >= 11 is 0. The molecule has 0 radical (unpaired) electrons. The van der Waals surface area contributed by atoms with Crippen LogP contribution in [0, 0.1) is 0 Å². The van der Waals surface area contributed by atoms with E-state index in [2.05, 4.69) is 5.32 Å². The van der Waals surface area contributed by atoms with E-state index in [9.17, 15) is 9.00 Å². The number of anilines is 2. The van der Waals surface area contributed by atoms with Gasteiger partial charge in [-0.15, -0.1) is 0 Å². The number of benzene rings is 1. The highest BCUT2D eigenvalue weighted by atomic mass is 32.2. The van der Waals surface area contributed by atoms with Gasteiger partial charge in [-0.25, -0.2) is 0 Å². The Morgan fingerprint density at radius 2 is 2.24 bits per heavy atom. The van der Waals surface area contributed by atoms with Crippen molar-refractivity contribution >= 4 is 28.1 Å². The second-order valence-corrected chi connectivity index (χ2v) is 5.39. The molecule has 0 heterocycles. The van der Waals surface area contributed by atoms with Gasteiger partial charge < -0.3 is 11.1 Å². The Morgan fingerprint density at radius 3 is 2.88 bits per heavy atom. The third-order valence-corrected chi connectivity index (χ3v) is 3.52. The SMILES string of the molecule is CCCCS(=O)CC(=O)Nc1cccc(N)c1. The second kappa shape index (κ2) is 7.06. The van der Waals surface area contributed by atoms with Gasteiger partial charge in [0.25, 0.3) is 0 Å². The Balaban J connectivity index is 2.42. The third-order valence-electron chi connectivity index (χ3n) is 2.19. The first-order valence-electron chi connectivity index (χ1n) is 5.62. The maximum Gasteiger partial charge on any atom is 0.236 e. The quantitative estimate of drug-likeness (QED) is 0.760. The number of unbranched alkanes of at least 4 members (excludes halogenated alkanes) is 1. The van der Waals surface area contributed by atoms with Crippen molar-refractivity contribution in [2.75, 3.05) is 22.6 Å².